The highest BCUT2D eigenvalue weighted by molar-refractivity contribution is 14.1. The summed E-state index contributed by atoms with van der Waals surface area (Å²) in [4.78, 5) is 4.72. The molecule has 1 aromatic carbocycles. The number of hydrogen-bond donors (Lipinski definition) is 1. The van der Waals surface area contributed by atoms with E-state index in [2.05, 4.69) is 10.3 Å². The lowest BCUT2D eigenvalue weighted by molar-refractivity contribution is -0.137. The van der Waals surface area contributed by atoms with Gasteiger partial charge in [-0.15, -0.1) is 11.3 Å². The van der Waals surface area contributed by atoms with Crippen molar-refractivity contribution in [3.63, 3.8) is 0 Å². The van der Waals surface area contributed by atoms with Crippen LogP contribution in [0.15, 0.2) is 24.4 Å². The van der Waals surface area contributed by atoms with Crippen LogP contribution in [0.1, 0.15) is 10.4 Å². The summed E-state index contributed by atoms with van der Waals surface area (Å²) in [6, 6.07) is 3.85. The van der Waals surface area contributed by atoms with Crippen LogP contribution in [0.3, 0.4) is 0 Å². The third-order valence-corrected chi connectivity index (χ3v) is 3.95. The van der Waals surface area contributed by atoms with Gasteiger partial charge in [0.25, 0.3) is 0 Å². The fourth-order valence-corrected chi connectivity index (χ4v) is 3.00. The zero-order valence-corrected chi connectivity index (χ0v) is 13.0. The number of hydrogen-bond acceptors (Lipinski definition) is 3. The van der Waals surface area contributed by atoms with E-state index in [9.17, 15) is 13.2 Å². The minimum Gasteiger partial charge on any atom is -0.380 e. The van der Waals surface area contributed by atoms with Crippen molar-refractivity contribution in [2.24, 2.45) is 0 Å². The molecule has 0 aliphatic rings. The van der Waals surface area contributed by atoms with Crippen LogP contribution in [-0.2, 0) is 12.7 Å². The number of halogens is 5. The van der Waals surface area contributed by atoms with E-state index in [-0.39, 0.29) is 0 Å². The van der Waals surface area contributed by atoms with Crippen LogP contribution in [0, 0.1) is 3.57 Å². The van der Waals surface area contributed by atoms with Crippen molar-refractivity contribution < 1.29 is 13.2 Å². The Morgan fingerprint density at radius 2 is 2.05 bits per heavy atom. The van der Waals surface area contributed by atoms with E-state index in [0.717, 1.165) is 17.0 Å². The first-order valence-corrected chi connectivity index (χ1v) is 7.34. The van der Waals surface area contributed by atoms with Crippen molar-refractivity contribution in [1.82, 2.24) is 4.98 Å². The Kier molecular flexibility index (Phi) is 4.57. The number of nitrogens with one attached hydrogen (secondary N) is 1. The monoisotopic (exact) mass is 418 g/mol. The van der Waals surface area contributed by atoms with Crippen molar-refractivity contribution >= 4 is 51.2 Å². The molecule has 0 spiro atoms. The molecule has 102 valence electrons. The summed E-state index contributed by atoms with van der Waals surface area (Å²) < 4.78 is 38.9. The number of rotatable bonds is 3. The summed E-state index contributed by atoms with van der Waals surface area (Å²) >= 11 is 8.83. The topological polar surface area (TPSA) is 24.9 Å². The number of anilines is 1. The van der Waals surface area contributed by atoms with Gasteiger partial charge in [-0.25, -0.2) is 4.98 Å². The summed E-state index contributed by atoms with van der Waals surface area (Å²) in [6.07, 6.45) is -2.75. The van der Waals surface area contributed by atoms with Crippen molar-refractivity contribution in [2.45, 2.75) is 12.7 Å². The molecule has 0 amide bonds. The van der Waals surface area contributed by atoms with Crippen molar-refractivity contribution in [2.75, 3.05) is 5.32 Å². The second kappa shape index (κ2) is 5.84. The zero-order valence-electron chi connectivity index (χ0n) is 9.26. The van der Waals surface area contributed by atoms with Gasteiger partial charge in [0, 0.05) is 20.3 Å². The molecule has 19 heavy (non-hydrogen) atoms. The van der Waals surface area contributed by atoms with E-state index in [4.69, 9.17) is 11.6 Å². The van der Waals surface area contributed by atoms with E-state index in [1.807, 2.05) is 22.6 Å². The Labute approximate surface area is 130 Å². The molecular formula is C11H7ClF3IN2S. The average Bonchev–Trinajstić information content (AvgIpc) is 2.71. The second-order valence-corrected chi connectivity index (χ2v) is 6.60. The van der Waals surface area contributed by atoms with Crippen LogP contribution in [0.4, 0.5) is 18.9 Å². The van der Waals surface area contributed by atoms with Crippen molar-refractivity contribution in [3.05, 3.63) is 42.9 Å². The van der Waals surface area contributed by atoms with E-state index < -0.39 is 11.7 Å². The normalized spacial score (nSPS) is 11.6. The fraction of sp³-hybridized carbons (Fsp3) is 0.182. The molecule has 1 aromatic heterocycles. The Bertz CT molecular complexity index is 586. The Morgan fingerprint density at radius 1 is 1.32 bits per heavy atom. The first-order chi connectivity index (χ1) is 8.84. The maximum absolute atomic E-state index is 12.7. The number of benzene rings is 1. The largest absolute Gasteiger partial charge is 0.416 e. The van der Waals surface area contributed by atoms with Gasteiger partial charge < -0.3 is 5.32 Å². The maximum Gasteiger partial charge on any atom is 0.416 e. The van der Waals surface area contributed by atoms with Crippen LogP contribution in [0.2, 0.25) is 4.47 Å². The molecule has 0 aliphatic heterocycles. The summed E-state index contributed by atoms with van der Waals surface area (Å²) in [7, 11) is 0. The predicted octanol–water partition coefficient (Wildman–Crippen LogP) is 5.03. The number of thiazole rings is 1. The third kappa shape index (κ3) is 4.22. The lowest BCUT2D eigenvalue weighted by atomic mass is 10.2. The molecule has 0 radical (unpaired) electrons. The lowest BCUT2D eigenvalue weighted by Gasteiger charge is -2.11. The van der Waals surface area contributed by atoms with E-state index in [1.54, 1.807) is 12.3 Å². The van der Waals surface area contributed by atoms with Crippen molar-refractivity contribution in [1.29, 1.82) is 0 Å². The molecule has 0 saturated carbocycles. The Hall–Kier alpha value is -0.540. The van der Waals surface area contributed by atoms with Crippen molar-refractivity contribution in [3.8, 4) is 0 Å². The Morgan fingerprint density at radius 3 is 2.63 bits per heavy atom. The van der Waals surface area contributed by atoms with Gasteiger partial charge in [-0.3, -0.25) is 0 Å². The van der Waals surface area contributed by atoms with Gasteiger partial charge in [-0.2, -0.15) is 13.2 Å². The molecule has 0 aliphatic carbocycles. The lowest BCUT2D eigenvalue weighted by Crippen LogP contribution is -2.07. The van der Waals surface area contributed by atoms with Gasteiger partial charge in [0.1, 0.15) is 0 Å². The quantitative estimate of drug-likeness (QED) is 0.707. The summed E-state index contributed by atoms with van der Waals surface area (Å²) in [5.74, 6) is 0. The van der Waals surface area contributed by atoms with Gasteiger partial charge in [-0.05, 0) is 40.8 Å². The molecule has 2 rings (SSSR count). The molecule has 1 heterocycles. The molecule has 0 saturated heterocycles. The molecule has 1 N–H and O–H groups in total. The summed E-state index contributed by atoms with van der Waals surface area (Å²) in [5, 5.41) is 2.93. The molecule has 0 bridgehead atoms. The average molecular weight is 419 g/mol. The molecule has 2 aromatic rings. The highest BCUT2D eigenvalue weighted by atomic mass is 127. The SMILES string of the molecule is FC(F)(F)c1cc(I)cc(NCc2cnc(Cl)s2)c1. The van der Waals surface area contributed by atoms with E-state index in [0.29, 0.717) is 20.3 Å². The predicted molar refractivity (Wildman–Crippen MR) is 78.6 cm³/mol. The first kappa shape index (κ1) is 14.9. The molecule has 0 atom stereocenters. The Balaban J connectivity index is 2.14. The van der Waals surface area contributed by atoms with Crippen LogP contribution < -0.4 is 5.32 Å². The highest BCUT2D eigenvalue weighted by Gasteiger charge is 2.31. The van der Waals surface area contributed by atoms with Gasteiger partial charge in [-0.1, -0.05) is 11.6 Å². The van der Waals surface area contributed by atoms with Crippen LogP contribution in [-0.4, -0.2) is 4.98 Å². The molecule has 2 nitrogen and oxygen atoms in total. The highest BCUT2D eigenvalue weighted by Crippen LogP contribution is 2.32. The minimum absolute atomic E-state index is 0.391. The smallest absolute Gasteiger partial charge is 0.380 e. The van der Waals surface area contributed by atoms with Crippen LogP contribution in [0.25, 0.3) is 0 Å². The van der Waals surface area contributed by atoms with Gasteiger partial charge in [0.15, 0.2) is 4.47 Å². The van der Waals surface area contributed by atoms with Gasteiger partial charge in [0.05, 0.1) is 12.1 Å². The zero-order chi connectivity index (χ0) is 14.0. The summed E-state index contributed by atoms with van der Waals surface area (Å²) in [6.45, 7) is 0.391. The second-order valence-electron chi connectivity index (χ2n) is 3.66. The molecule has 0 unspecified atom stereocenters. The minimum atomic E-state index is -4.34. The van der Waals surface area contributed by atoms with Gasteiger partial charge in [0.2, 0.25) is 0 Å². The van der Waals surface area contributed by atoms with Crippen LogP contribution in [0.5, 0.6) is 0 Å². The number of alkyl halides is 3. The standard InChI is InChI=1S/C11H7ClF3IN2S/c12-10-18-5-9(19-10)4-17-8-2-6(11(13,14)15)1-7(16)3-8/h1-3,5,17H,4H2. The number of aromatic nitrogens is 1. The summed E-state index contributed by atoms with van der Waals surface area (Å²) in [5.41, 5.74) is -0.243. The van der Waals surface area contributed by atoms with E-state index in [1.165, 1.54) is 11.3 Å². The molecule has 8 heteroatoms. The van der Waals surface area contributed by atoms with Gasteiger partial charge >= 0.3 is 6.18 Å². The number of nitrogens with zero attached hydrogens (tertiary/aromatic N) is 1. The molecule has 0 fully saturated rings. The fourth-order valence-electron chi connectivity index (χ4n) is 1.41. The first-order valence-electron chi connectivity index (χ1n) is 5.06. The van der Waals surface area contributed by atoms with Crippen LogP contribution >= 0.6 is 45.5 Å². The third-order valence-electron chi connectivity index (χ3n) is 2.22. The molecular weight excluding hydrogens is 412 g/mol. The maximum atomic E-state index is 12.7. The van der Waals surface area contributed by atoms with E-state index >= 15 is 0 Å².